The fraction of sp³-hybridized carbons (Fsp3) is 0.433. The van der Waals surface area contributed by atoms with Crippen molar-refractivity contribution in [3.63, 3.8) is 0 Å². The van der Waals surface area contributed by atoms with E-state index in [9.17, 15) is 14.7 Å². The zero-order valence-electron chi connectivity index (χ0n) is 22.8. The van der Waals surface area contributed by atoms with Crippen LogP contribution in [0.3, 0.4) is 0 Å². The number of fused-ring (bicyclic) bond motifs is 1. The number of hydrogen-bond acceptors (Lipinski definition) is 9. The second-order valence-electron chi connectivity index (χ2n) is 10.9. The first-order valence-corrected chi connectivity index (χ1v) is 14.0. The number of nitrogens with zero attached hydrogens (tertiary/aromatic N) is 2. The van der Waals surface area contributed by atoms with Crippen molar-refractivity contribution >= 4 is 33.4 Å². The Balaban J connectivity index is 1.55. The number of benzene rings is 2. The number of rotatable bonds is 5. The summed E-state index contributed by atoms with van der Waals surface area (Å²) in [5.74, 6) is -0.809. The zero-order valence-corrected chi connectivity index (χ0v) is 24.4. The van der Waals surface area contributed by atoms with E-state index in [0.29, 0.717) is 35.4 Å². The Hall–Kier alpha value is -3.37. The summed E-state index contributed by atoms with van der Waals surface area (Å²) in [7, 11) is 6.44. The summed E-state index contributed by atoms with van der Waals surface area (Å²) in [5.41, 5.74) is 2.81. The average molecular weight is 611 g/mol. The molecule has 1 N–H and O–H groups in total. The molecule has 2 aliphatic heterocycles. The van der Waals surface area contributed by atoms with Crippen LogP contribution in [0.2, 0.25) is 0 Å². The number of aromatic hydroxyl groups is 1. The van der Waals surface area contributed by atoms with Gasteiger partial charge in [0.25, 0.3) is 0 Å². The Morgan fingerprint density at radius 2 is 1.95 bits per heavy atom. The maximum atomic E-state index is 13.3. The maximum Gasteiger partial charge on any atom is 0.319 e. The van der Waals surface area contributed by atoms with Crippen LogP contribution in [0.25, 0.3) is 0 Å². The molecular weight excluding hydrogens is 580 g/mol. The Kier molecular flexibility index (Phi) is 6.65. The number of likely N-dealkylation sites (tertiary alicyclic amines) is 1. The summed E-state index contributed by atoms with van der Waals surface area (Å²) in [4.78, 5) is 34.9. The quantitative estimate of drug-likeness (QED) is 0.505. The largest absolute Gasteiger partial charge is 0.504 e. The number of oxime groups is 1. The van der Waals surface area contributed by atoms with Gasteiger partial charge in [0.15, 0.2) is 29.1 Å². The molecule has 2 aliphatic carbocycles. The van der Waals surface area contributed by atoms with Gasteiger partial charge in [0.05, 0.1) is 21.3 Å². The number of phenolic OH excluding ortho intramolecular Hbond substituents is 1. The lowest BCUT2D eigenvalue weighted by Gasteiger charge is -2.57. The third kappa shape index (κ3) is 3.87. The van der Waals surface area contributed by atoms with Crippen LogP contribution in [0.1, 0.15) is 41.2 Å². The number of halogens is 1. The molecule has 0 amide bonds. The van der Waals surface area contributed by atoms with Crippen molar-refractivity contribution in [1.29, 1.82) is 0 Å². The molecule has 4 aliphatic rings. The van der Waals surface area contributed by atoms with E-state index in [0.717, 1.165) is 22.1 Å². The van der Waals surface area contributed by atoms with Gasteiger partial charge in [-0.1, -0.05) is 33.2 Å². The Bertz CT molecular complexity index is 1450. The van der Waals surface area contributed by atoms with Crippen LogP contribution in [0, 0.1) is 11.8 Å². The van der Waals surface area contributed by atoms with Gasteiger partial charge in [-0.3, -0.25) is 9.59 Å². The van der Waals surface area contributed by atoms with Crippen LogP contribution in [0.4, 0.5) is 0 Å². The Morgan fingerprint density at radius 3 is 2.62 bits per heavy atom. The van der Waals surface area contributed by atoms with Crippen molar-refractivity contribution in [1.82, 2.24) is 4.90 Å². The molecule has 1 saturated heterocycles. The molecule has 0 aromatic heterocycles. The lowest BCUT2D eigenvalue weighted by Crippen LogP contribution is -2.60. The van der Waals surface area contributed by atoms with Crippen LogP contribution >= 0.6 is 15.9 Å². The highest BCUT2D eigenvalue weighted by molar-refractivity contribution is 9.10. The molecular formula is C30H31BrN2O7. The summed E-state index contributed by atoms with van der Waals surface area (Å²) in [6.07, 6.45) is 2.59. The van der Waals surface area contributed by atoms with Crippen molar-refractivity contribution in [3.05, 3.63) is 68.9 Å². The van der Waals surface area contributed by atoms with E-state index in [1.54, 1.807) is 6.07 Å². The number of allylic oxidation sites excluding steroid dienone is 1. The van der Waals surface area contributed by atoms with Crippen LogP contribution in [-0.4, -0.2) is 68.4 Å². The molecule has 2 aromatic carbocycles. The highest BCUT2D eigenvalue weighted by Gasteiger charge is 2.58. The number of ketones is 1. The molecule has 9 nitrogen and oxygen atoms in total. The average Bonchev–Trinajstić information content (AvgIpc) is 3.39. The third-order valence-corrected chi connectivity index (χ3v) is 9.66. The minimum absolute atomic E-state index is 0.0259. The molecule has 5 atom stereocenters. The van der Waals surface area contributed by atoms with Gasteiger partial charge in [-0.15, -0.1) is 0 Å². The standard InChI is InChI=1S/C30H31BrN2O7/c1-33-10-9-30-14-21(34)22(37-2)13-19(30)20(33)11-17-18(12-23(38-3)27(35)25(17)30)28-24(29(36)39-4)26(32-40-28)15-5-7-16(31)8-6-15/h5-8,12-13,19-20,24,28,35H,9-11,14H2,1-4H3/t19?,20-,24-,28+,30+/m0/s1. The first kappa shape index (κ1) is 26.8. The first-order valence-electron chi connectivity index (χ1n) is 13.2. The molecule has 40 heavy (non-hydrogen) atoms. The number of phenols is 1. The van der Waals surface area contributed by atoms with E-state index < -0.39 is 23.4 Å². The summed E-state index contributed by atoms with van der Waals surface area (Å²) in [6, 6.07) is 9.28. The molecule has 6 rings (SSSR count). The van der Waals surface area contributed by atoms with Gasteiger partial charge in [0.1, 0.15) is 11.6 Å². The van der Waals surface area contributed by atoms with Crippen molar-refractivity contribution in [3.8, 4) is 11.5 Å². The number of esters is 1. The van der Waals surface area contributed by atoms with Crippen LogP contribution in [-0.2, 0) is 35.7 Å². The Labute approximate surface area is 240 Å². The number of likely N-dealkylation sites (N-methyl/N-ethyl adjacent to an activating group) is 1. The van der Waals surface area contributed by atoms with E-state index in [2.05, 4.69) is 33.0 Å². The normalized spacial score (nSPS) is 29.0. The Morgan fingerprint density at radius 1 is 1.20 bits per heavy atom. The van der Waals surface area contributed by atoms with Crippen molar-refractivity contribution in [2.45, 2.75) is 36.8 Å². The van der Waals surface area contributed by atoms with Gasteiger partial charge in [-0.25, -0.2) is 0 Å². The van der Waals surface area contributed by atoms with Crippen LogP contribution in [0.5, 0.6) is 11.5 Å². The lowest BCUT2D eigenvalue weighted by molar-refractivity contribution is -0.146. The van der Waals surface area contributed by atoms with Crippen molar-refractivity contribution in [2.24, 2.45) is 17.0 Å². The molecule has 2 heterocycles. The molecule has 2 bridgehead atoms. The van der Waals surface area contributed by atoms with Crippen molar-refractivity contribution in [2.75, 3.05) is 34.9 Å². The van der Waals surface area contributed by atoms with E-state index in [4.69, 9.17) is 19.0 Å². The topological polar surface area (TPSA) is 107 Å². The predicted octanol–water partition coefficient (Wildman–Crippen LogP) is 4.05. The van der Waals surface area contributed by atoms with Gasteiger partial charge in [-0.2, -0.15) is 0 Å². The number of carbonyl (C=O) groups excluding carboxylic acids is 2. The fourth-order valence-electron chi connectivity index (χ4n) is 7.21. The summed E-state index contributed by atoms with van der Waals surface area (Å²) in [6.45, 7) is 0.775. The number of ether oxygens (including phenoxy) is 3. The summed E-state index contributed by atoms with van der Waals surface area (Å²) in [5, 5.41) is 16.0. The molecule has 210 valence electrons. The molecule has 1 unspecified atom stereocenters. The number of methoxy groups -OCH3 is 3. The molecule has 10 heteroatoms. The van der Waals surface area contributed by atoms with E-state index in [-0.39, 0.29) is 35.7 Å². The van der Waals surface area contributed by atoms with E-state index in [1.165, 1.54) is 21.3 Å². The summed E-state index contributed by atoms with van der Waals surface area (Å²) >= 11 is 3.45. The fourth-order valence-corrected chi connectivity index (χ4v) is 7.47. The molecule has 0 saturated carbocycles. The first-order chi connectivity index (χ1) is 19.2. The van der Waals surface area contributed by atoms with Gasteiger partial charge in [0.2, 0.25) is 0 Å². The van der Waals surface area contributed by atoms with E-state index in [1.807, 2.05) is 30.3 Å². The molecule has 0 spiro atoms. The van der Waals surface area contributed by atoms with Crippen LogP contribution in [0.15, 0.2) is 51.8 Å². The van der Waals surface area contributed by atoms with E-state index >= 15 is 0 Å². The van der Waals surface area contributed by atoms with Gasteiger partial charge < -0.3 is 29.1 Å². The minimum Gasteiger partial charge on any atom is -0.504 e. The molecule has 2 aromatic rings. The second kappa shape index (κ2) is 9.92. The second-order valence-corrected chi connectivity index (χ2v) is 11.8. The lowest BCUT2D eigenvalue weighted by atomic mass is 9.53. The SMILES string of the molecule is COC(=O)[C@H]1C(c2ccc(Br)cc2)=NO[C@@H]1c1cc(OC)c(O)c2c1C[C@H]1C3C=C(OC)C(=O)C[C@@]23CCN1C. The van der Waals surface area contributed by atoms with Crippen molar-refractivity contribution < 1.29 is 33.7 Å². The zero-order chi connectivity index (χ0) is 28.3. The monoisotopic (exact) mass is 610 g/mol. The number of Topliss-reactive ketones (excluding diaryl/α,β-unsaturated/α-hetero) is 1. The smallest absolute Gasteiger partial charge is 0.319 e. The third-order valence-electron chi connectivity index (χ3n) is 9.13. The minimum atomic E-state index is -0.842. The summed E-state index contributed by atoms with van der Waals surface area (Å²) < 4.78 is 17.2. The molecule has 0 radical (unpaired) electrons. The van der Waals surface area contributed by atoms with Gasteiger partial charge in [0, 0.05) is 45.0 Å². The van der Waals surface area contributed by atoms with Gasteiger partial charge >= 0.3 is 5.97 Å². The predicted molar refractivity (Wildman–Crippen MR) is 149 cm³/mol. The highest BCUT2D eigenvalue weighted by Crippen LogP contribution is 2.59. The van der Waals surface area contributed by atoms with Gasteiger partial charge in [-0.05, 0) is 56.3 Å². The van der Waals surface area contributed by atoms with Crippen LogP contribution < -0.4 is 4.74 Å². The number of carbonyl (C=O) groups is 2. The number of piperidine rings is 1. The number of hydrogen-bond donors (Lipinski definition) is 1. The highest BCUT2D eigenvalue weighted by atomic mass is 79.9. The maximum absolute atomic E-state index is 13.3. The molecule has 1 fully saturated rings.